The van der Waals surface area contributed by atoms with Crippen LogP contribution in [0.3, 0.4) is 0 Å². The van der Waals surface area contributed by atoms with Crippen LogP contribution in [0.2, 0.25) is 5.02 Å². The Morgan fingerprint density at radius 1 is 1.50 bits per heavy atom. The Bertz CT molecular complexity index is 445. The Balaban J connectivity index is 2.37. The minimum Gasteiger partial charge on any atom is -0.496 e. The second-order valence-electron chi connectivity index (χ2n) is 4.12. The summed E-state index contributed by atoms with van der Waals surface area (Å²) in [6, 6.07) is 5.65. The SMILES string of the molecule is CCNC(C1=CCCO1)c1cc(Cl)ccc1OC. The van der Waals surface area contributed by atoms with Crippen LogP contribution >= 0.6 is 11.6 Å². The molecule has 0 aliphatic carbocycles. The maximum absolute atomic E-state index is 6.08. The Morgan fingerprint density at radius 2 is 2.33 bits per heavy atom. The van der Waals surface area contributed by atoms with E-state index in [1.807, 2.05) is 18.2 Å². The molecule has 4 heteroatoms. The Labute approximate surface area is 113 Å². The third-order valence-electron chi connectivity index (χ3n) is 2.93. The fourth-order valence-corrected chi connectivity index (χ4v) is 2.32. The van der Waals surface area contributed by atoms with Gasteiger partial charge in [-0.2, -0.15) is 0 Å². The zero-order valence-corrected chi connectivity index (χ0v) is 11.5. The number of ether oxygens (including phenoxy) is 2. The standard InChI is InChI=1S/C14H18ClNO2/c1-3-16-14(13-5-4-8-18-13)11-9-10(15)6-7-12(11)17-2/h5-7,9,14,16H,3-4,8H2,1-2H3. The van der Waals surface area contributed by atoms with Crippen LogP contribution in [0.25, 0.3) is 0 Å². The quantitative estimate of drug-likeness (QED) is 0.888. The third-order valence-corrected chi connectivity index (χ3v) is 3.16. The highest BCUT2D eigenvalue weighted by molar-refractivity contribution is 6.30. The maximum atomic E-state index is 6.08. The molecule has 0 radical (unpaired) electrons. The van der Waals surface area contributed by atoms with Crippen molar-refractivity contribution in [1.29, 1.82) is 0 Å². The largest absolute Gasteiger partial charge is 0.496 e. The maximum Gasteiger partial charge on any atom is 0.124 e. The monoisotopic (exact) mass is 267 g/mol. The summed E-state index contributed by atoms with van der Waals surface area (Å²) >= 11 is 6.08. The Hall–Kier alpha value is -1.19. The van der Waals surface area contributed by atoms with Crippen molar-refractivity contribution < 1.29 is 9.47 Å². The summed E-state index contributed by atoms with van der Waals surface area (Å²) in [7, 11) is 1.67. The van der Waals surface area contributed by atoms with Gasteiger partial charge >= 0.3 is 0 Å². The molecule has 3 nitrogen and oxygen atoms in total. The molecule has 18 heavy (non-hydrogen) atoms. The lowest BCUT2D eigenvalue weighted by atomic mass is 10.0. The summed E-state index contributed by atoms with van der Waals surface area (Å²) in [5.74, 6) is 1.78. The highest BCUT2D eigenvalue weighted by atomic mass is 35.5. The smallest absolute Gasteiger partial charge is 0.124 e. The highest BCUT2D eigenvalue weighted by Gasteiger charge is 2.23. The molecule has 1 aromatic rings. The lowest BCUT2D eigenvalue weighted by Crippen LogP contribution is -2.23. The van der Waals surface area contributed by atoms with Crippen LogP contribution < -0.4 is 10.1 Å². The number of likely N-dealkylation sites (N-methyl/N-ethyl adjacent to an activating group) is 1. The van der Waals surface area contributed by atoms with Gasteiger partial charge in [-0.3, -0.25) is 0 Å². The van der Waals surface area contributed by atoms with E-state index < -0.39 is 0 Å². The van der Waals surface area contributed by atoms with Gasteiger partial charge in [-0.15, -0.1) is 0 Å². The molecule has 1 aromatic carbocycles. The van der Waals surface area contributed by atoms with Crippen molar-refractivity contribution in [2.24, 2.45) is 0 Å². The van der Waals surface area contributed by atoms with Crippen molar-refractivity contribution in [3.05, 3.63) is 40.6 Å². The molecule has 0 amide bonds. The number of hydrogen-bond donors (Lipinski definition) is 1. The van der Waals surface area contributed by atoms with E-state index in [0.717, 1.165) is 36.6 Å². The van der Waals surface area contributed by atoms with Crippen LogP contribution in [0.5, 0.6) is 5.75 Å². The molecule has 0 fully saturated rings. The zero-order chi connectivity index (χ0) is 13.0. The molecule has 1 unspecified atom stereocenters. The normalized spacial score (nSPS) is 16.1. The number of rotatable bonds is 5. The van der Waals surface area contributed by atoms with Crippen molar-refractivity contribution in [2.75, 3.05) is 20.3 Å². The average molecular weight is 268 g/mol. The third kappa shape index (κ3) is 2.79. The van der Waals surface area contributed by atoms with Gasteiger partial charge in [0.2, 0.25) is 0 Å². The summed E-state index contributed by atoms with van der Waals surface area (Å²) in [5, 5.41) is 4.11. The van der Waals surface area contributed by atoms with Gasteiger partial charge in [0, 0.05) is 17.0 Å². The molecule has 0 saturated carbocycles. The summed E-state index contributed by atoms with van der Waals surface area (Å²) in [6.07, 6.45) is 3.08. The number of nitrogens with one attached hydrogen (secondary N) is 1. The molecule has 0 aromatic heterocycles. The lowest BCUT2D eigenvalue weighted by molar-refractivity contribution is 0.214. The van der Waals surface area contributed by atoms with Crippen LogP contribution in [-0.2, 0) is 4.74 Å². The minimum absolute atomic E-state index is 0.00569. The Morgan fingerprint density at radius 3 is 2.94 bits per heavy atom. The number of hydrogen-bond acceptors (Lipinski definition) is 3. The predicted molar refractivity (Wildman–Crippen MR) is 73.1 cm³/mol. The van der Waals surface area contributed by atoms with Gasteiger partial charge in [0.15, 0.2) is 0 Å². The van der Waals surface area contributed by atoms with Gasteiger partial charge in [0.1, 0.15) is 11.5 Å². The first-order valence-corrected chi connectivity index (χ1v) is 6.53. The average Bonchev–Trinajstić information content (AvgIpc) is 2.89. The molecule has 2 rings (SSSR count). The van der Waals surface area contributed by atoms with E-state index in [2.05, 4.69) is 18.3 Å². The molecule has 1 aliphatic rings. The van der Waals surface area contributed by atoms with E-state index in [0.29, 0.717) is 5.02 Å². The van der Waals surface area contributed by atoms with E-state index in [1.54, 1.807) is 7.11 Å². The van der Waals surface area contributed by atoms with Crippen LogP contribution in [0.4, 0.5) is 0 Å². The van der Waals surface area contributed by atoms with Gasteiger partial charge in [-0.25, -0.2) is 0 Å². The van der Waals surface area contributed by atoms with Crippen LogP contribution in [0, 0.1) is 0 Å². The first kappa shape index (κ1) is 13.2. The van der Waals surface area contributed by atoms with Gasteiger partial charge in [-0.05, 0) is 30.8 Å². The van der Waals surface area contributed by atoms with Crippen molar-refractivity contribution in [3.63, 3.8) is 0 Å². The van der Waals surface area contributed by atoms with Crippen LogP contribution in [-0.4, -0.2) is 20.3 Å². The summed E-state index contributed by atoms with van der Waals surface area (Å²) in [5.41, 5.74) is 1.01. The van der Waals surface area contributed by atoms with E-state index in [-0.39, 0.29) is 6.04 Å². The lowest BCUT2D eigenvalue weighted by Gasteiger charge is -2.21. The van der Waals surface area contributed by atoms with Crippen molar-refractivity contribution in [3.8, 4) is 5.75 Å². The topological polar surface area (TPSA) is 30.5 Å². The Kier molecular flexibility index (Phi) is 4.50. The van der Waals surface area contributed by atoms with Gasteiger partial charge in [-0.1, -0.05) is 18.5 Å². The fourth-order valence-electron chi connectivity index (χ4n) is 2.14. The zero-order valence-electron chi connectivity index (χ0n) is 10.7. The minimum atomic E-state index is 0.00569. The van der Waals surface area contributed by atoms with Crippen LogP contribution in [0.1, 0.15) is 24.9 Å². The molecule has 0 saturated heterocycles. The molecule has 0 bridgehead atoms. The highest BCUT2D eigenvalue weighted by Crippen LogP contribution is 2.34. The second-order valence-corrected chi connectivity index (χ2v) is 4.56. The molecular formula is C14H18ClNO2. The van der Waals surface area contributed by atoms with Crippen molar-refractivity contribution in [2.45, 2.75) is 19.4 Å². The van der Waals surface area contributed by atoms with Gasteiger partial charge in [0.05, 0.1) is 19.8 Å². The summed E-state index contributed by atoms with van der Waals surface area (Å²) < 4.78 is 11.1. The number of halogens is 1. The van der Waals surface area contributed by atoms with Gasteiger partial charge in [0.25, 0.3) is 0 Å². The summed E-state index contributed by atoms with van der Waals surface area (Å²) in [6.45, 7) is 3.67. The first-order valence-electron chi connectivity index (χ1n) is 6.16. The molecule has 1 N–H and O–H groups in total. The van der Waals surface area contributed by atoms with Crippen molar-refractivity contribution >= 4 is 11.6 Å². The first-order chi connectivity index (χ1) is 8.76. The van der Waals surface area contributed by atoms with E-state index >= 15 is 0 Å². The molecule has 1 aliphatic heterocycles. The fraction of sp³-hybridized carbons (Fsp3) is 0.429. The predicted octanol–water partition coefficient (Wildman–Crippen LogP) is 3.30. The molecule has 98 valence electrons. The molecular weight excluding hydrogens is 250 g/mol. The summed E-state index contributed by atoms with van der Waals surface area (Å²) in [4.78, 5) is 0. The van der Waals surface area contributed by atoms with E-state index in [1.165, 1.54) is 0 Å². The number of methoxy groups -OCH3 is 1. The number of benzene rings is 1. The van der Waals surface area contributed by atoms with E-state index in [4.69, 9.17) is 21.1 Å². The molecule has 1 atom stereocenters. The molecule has 1 heterocycles. The van der Waals surface area contributed by atoms with Crippen molar-refractivity contribution in [1.82, 2.24) is 5.32 Å². The van der Waals surface area contributed by atoms with E-state index in [9.17, 15) is 0 Å². The molecule has 0 spiro atoms. The second kappa shape index (κ2) is 6.12. The van der Waals surface area contributed by atoms with Crippen LogP contribution in [0.15, 0.2) is 30.0 Å². The van der Waals surface area contributed by atoms with Gasteiger partial charge < -0.3 is 14.8 Å².